The van der Waals surface area contributed by atoms with Crippen LogP contribution in [0.15, 0.2) is 12.1 Å². The Bertz CT molecular complexity index is 592. The van der Waals surface area contributed by atoms with Crippen molar-refractivity contribution >= 4 is 40.9 Å². The number of nitrogens with one attached hydrogen (secondary N) is 1. The van der Waals surface area contributed by atoms with E-state index in [0.29, 0.717) is 28.7 Å². The minimum absolute atomic E-state index is 0.0784. The number of anilines is 1. The van der Waals surface area contributed by atoms with Crippen molar-refractivity contribution in [2.24, 2.45) is 5.92 Å². The highest BCUT2D eigenvalue weighted by atomic mass is 35.5. The molecular formula is C14H16Cl2N2O3. The molecule has 1 aromatic carbocycles. The van der Waals surface area contributed by atoms with Crippen LogP contribution in [0.25, 0.3) is 0 Å². The van der Waals surface area contributed by atoms with E-state index in [0.717, 1.165) is 5.56 Å². The normalized spacial score (nSPS) is 21.4. The molecule has 0 aromatic heterocycles. The van der Waals surface area contributed by atoms with Crippen molar-refractivity contribution in [1.82, 2.24) is 4.90 Å². The summed E-state index contributed by atoms with van der Waals surface area (Å²) < 4.78 is 0. The third-order valence-corrected chi connectivity index (χ3v) is 4.42. The van der Waals surface area contributed by atoms with Gasteiger partial charge in [0.15, 0.2) is 0 Å². The second-order valence-corrected chi connectivity index (χ2v) is 6.07. The molecule has 2 N–H and O–H groups in total. The molecule has 1 aromatic rings. The van der Waals surface area contributed by atoms with Gasteiger partial charge in [0, 0.05) is 11.6 Å². The van der Waals surface area contributed by atoms with E-state index in [1.807, 2.05) is 13.8 Å². The van der Waals surface area contributed by atoms with Gasteiger partial charge in [0.1, 0.15) is 6.04 Å². The number of carbonyl (C=O) groups is 2. The summed E-state index contributed by atoms with van der Waals surface area (Å²) in [4.78, 5) is 24.9. The zero-order chi connectivity index (χ0) is 15.7. The molecule has 1 aliphatic heterocycles. The highest BCUT2D eigenvalue weighted by Crippen LogP contribution is 2.30. The van der Waals surface area contributed by atoms with E-state index in [1.165, 1.54) is 4.90 Å². The molecule has 7 heteroatoms. The molecule has 0 spiro atoms. The number of hydrogen-bond acceptors (Lipinski definition) is 2. The number of aryl methyl sites for hydroxylation is 1. The number of likely N-dealkylation sites (tertiary alicyclic amines) is 1. The number of nitrogens with zero attached hydrogens (tertiary/aromatic N) is 1. The van der Waals surface area contributed by atoms with Crippen LogP contribution in [0.3, 0.4) is 0 Å². The number of rotatable bonds is 2. The summed E-state index contributed by atoms with van der Waals surface area (Å²) in [5.74, 6) is -1.08. The third-order valence-electron chi connectivity index (χ3n) is 3.70. The fraction of sp³-hybridized carbons (Fsp3) is 0.429. The van der Waals surface area contributed by atoms with Gasteiger partial charge in [-0.25, -0.2) is 9.59 Å². The van der Waals surface area contributed by atoms with E-state index in [9.17, 15) is 14.7 Å². The molecule has 5 nitrogen and oxygen atoms in total. The van der Waals surface area contributed by atoms with Gasteiger partial charge < -0.3 is 15.3 Å². The summed E-state index contributed by atoms with van der Waals surface area (Å²) in [6, 6.07) is 1.92. The third kappa shape index (κ3) is 3.24. The smallest absolute Gasteiger partial charge is 0.326 e. The van der Waals surface area contributed by atoms with Gasteiger partial charge in [-0.2, -0.15) is 0 Å². The van der Waals surface area contributed by atoms with Crippen LogP contribution < -0.4 is 5.32 Å². The lowest BCUT2D eigenvalue weighted by molar-refractivity contribution is -0.142. The van der Waals surface area contributed by atoms with Crippen molar-refractivity contribution in [2.75, 3.05) is 11.9 Å². The van der Waals surface area contributed by atoms with Gasteiger partial charge in [-0.3, -0.25) is 0 Å². The largest absolute Gasteiger partial charge is 0.480 e. The maximum absolute atomic E-state index is 12.3. The molecule has 1 saturated heterocycles. The van der Waals surface area contributed by atoms with Gasteiger partial charge >= 0.3 is 12.0 Å². The molecular weight excluding hydrogens is 315 g/mol. The van der Waals surface area contributed by atoms with Crippen molar-refractivity contribution in [3.8, 4) is 0 Å². The lowest BCUT2D eigenvalue weighted by atomic mass is 10.0. The van der Waals surface area contributed by atoms with Gasteiger partial charge in [-0.15, -0.1) is 0 Å². The number of carboxylic acids is 1. The zero-order valence-corrected chi connectivity index (χ0v) is 13.2. The Morgan fingerprint density at radius 3 is 2.62 bits per heavy atom. The second kappa shape index (κ2) is 6.12. The summed E-state index contributed by atoms with van der Waals surface area (Å²) >= 11 is 12.1. The molecule has 0 aliphatic carbocycles. The van der Waals surface area contributed by atoms with Crippen LogP contribution in [-0.4, -0.2) is 34.6 Å². The average molecular weight is 331 g/mol. The topological polar surface area (TPSA) is 69.6 Å². The highest BCUT2D eigenvalue weighted by Gasteiger charge is 2.39. The Kier molecular flexibility index (Phi) is 4.64. The predicted molar refractivity (Wildman–Crippen MR) is 82.1 cm³/mol. The molecule has 1 heterocycles. The molecule has 0 radical (unpaired) electrons. The molecule has 0 bridgehead atoms. The summed E-state index contributed by atoms with van der Waals surface area (Å²) in [6.07, 6.45) is 0.659. The molecule has 114 valence electrons. The molecule has 1 aliphatic rings. The van der Waals surface area contributed by atoms with Crippen LogP contribution in [0.5, 0.6) is 0 Å². The number of carboxylic acid groups (broad SMARTS) is 1. The lowest BCUT2D eigenvalue weighted by Gasteiger charge is -2.24. The van der Waals surface area contributed by atoms with E-state index in [2.05, 4.69) is 5.32 Å². The van der Waals surface area contributed by atoms with Crippen LogP contribution in [0.4, 0.5) is 10.5 Å². The first kappa shape index (κ1) is 15.9. The van der Waals surface area contributed by atoms with E-state index < -0.39 is 18.0 Å². The number of carbonyl (C=O) groups excluding carboxylic acids is 1. The first-order valence-electron chi connectivity index (χ1n) is 6.57. The van der Waals surface area contributed by atoms with E-state index in [-0.39, 0.29) is 5.92 Å². The maximum Gasteiger partial charge on any atom is 0.326 e. The first-order valence-corrected chi connectivity index (χ1v) is 7.33. The minimum atomic E-state index is -0.997. The Morgan fingerprint density at radius 1 is 1.33 bits per heavy atom. The van der Waals surface area contributed by atoms with Crippen LogP contribution in [0.2, 0.25) is 10.0 Å². The van der Waals surface area contributed by atoms with Gasteiger partial charge in [-0.05, 0) is 37.0 Å². The predicted octanol–water partition coefficient (Wildman–Crippen LogP) is 3.63. The quantitative estimate of drug-likeness (QED) is 0.869. The highest BCUT2D eigenvalue weighted by molar-refractivity contribution is 6.36. The molecule has 2 amide bonds. The molecule has 2 unspecified atom stereocenters. The van der Waals surface area contributed by atoms with Gasteiger partial charge in [0.05, 0.1) is 10.7 Å². The molecule has 2 atom stereocenters. The Morgan fingerprint density at radius 2 is 2.00 bits per heavy atom. The summed E-state index contributed by atoms with van der Waals surface area (Å²) in [7, 11) is 0. The van der Waals surface area contributed by atoms with Crippen molar-refractivity contribution in [1.29, 1.82) is 0 Å². The lowest BCUT2D eigenvalue weighted by Crippen LogP contribution is -2.44. The van der Waals surface area contributed by atoms with Crippen molar-refractivity contribution < 1.29 is 14.7 Å². The molecule has 1 fully saturated rings. The zero-order valence-electron chi connectivity index (χ0n) is 11.7. The molecule has 0 saturated carbocycles. The van der Waals surface area contributed by atoms with E-state index >= 15 is 0 Å². The summed E-state index contributed by atoms with van der Waals surface area (Å²) in [5, 5.41) is 12.7. The van der Waals surface area contributed by atoms with Crippen LogP contribution in [-0.2, 0) is 4.79 Å². The van der Waals surface area contributed by atoms with E-state index in [4.69, 9.17) is 23.2 Å². The van der Waals surface area contributed by atoms with Crippen molar-refractivity contribution in [3.05, 3.63) is 27.7 Å². The Balaban J connectivity index is 2.18. The van der Waals surface area contributed by atoms with Crippen molar-refractivity contribution in [2.45, 2.75) is 26.3 Å². The van der Waals surface area contributed by atoms with Crippen LogP contribution in [0, 0.1) is 12.8 Å². The fourth-order valence-electron chi connectivity index (χ4n) is 2.48. The summed E-state index contributed by atoms with van der Waals surface area (Å²) in [5.41, 5.74) is 1.18. The summed E-state index contributed by atoms with van der Waals surface area (Å²) in [6.45, 7) is 4.03. The fourth-order valence-corrected chi connectivity index (χ4v) is 2.91. The van der Waals surface area contributed by atoms with Crippen LogP contribution >= 0.6 is 23.2 Å². The standard InChI is InChI=1S/C14H16Cl2N2O3/c1-7-3-4-18(12(7)13(19)20)14(21)17-11-6-9(15)8(2)5-10(11)16/h5-7,12H,3-4H2,1-2H3,(H,17,21)(H,19,20). The maximum atomic E-state index is 12.3. The monoisotopic (exact) mass is 330 g/mol. The number of amides is 2. The first-order chi connectivity index (χ1) is 9.81. The number of aliphatic carboxylic acids is 1. The Hall–Kier alpha value is -1.46. The number of urea groups is 1. The van der Waals surface area contributed by atoms with Gasteiger partial charge in [0.2, 0.25) is 0 Å². The van der Waals surface area contributed by atoms with Gasteiger partial charge in [0.25, 0.3) is 0 Å². The molecule has 21 heavy (non-hydrogen) atoms. The van der Waals surface area contributed by atoms with Crippen LogP contribution in [0.1, 0.15) is 18.9 Å². The Labute approximate surface area is 132 Å². The van der Waals surface area contributed by atoms with Crippen molar-refractivity contribution in [3.63, 3.8) is 0 Å². The SMILES string of the molecule is Cc1cc(Cl)c(NC(=O)N2CCC(C)C2C(=O)O)cc1Cl. The second-order valence-electron chi connectivity index (χ2n) is 5.25. The van der Waals surface area contributed by atoms with Gasteiger partial charge in [-0.1, -0.05) is 30.1 Å². The minimum Gasteiger partial charge on any atom is -0.480 e. The number of hydrogen-bond donors (Lipinski definition) is 2. The molecule has 2 rings (SSSR count). The average Bonchev–Trinajstić information content (AvgIpc) is 2.78. The number of benzene rings is 1. The van der Waals surface area contributed by atoms with E-state index in [1.54, 1.807) is 12.1 Å². The number of halogens is 2.